The Kier molecular flexibility index (Phi) is 7.75. The summed E-state index contributed by atoms with van der Waals surface area (Å²) in [6.07, 6.45) is 8.30. The number of pyridine rings is 1. The van der Waals surface area contributed by atoms with Crippen LogP contribution in [0.5, 0.6) is 11.5 Å². The summed E-state index contributed by atoms with van der Waals surface area (Å²) in [4.78, 5) is 24.9. The molecule has 0 atom stereocenters. The van der Waals surface area contributed by atoms with Crippen molar-refractivity contribution in [3.8, 4) is 11.5 Å². The maximum Gasteiger partial charge on any atom is 0.341 e. The molecule has 0 spiro atoms. The van der Waals surface area contributed by atoms with Gasteiger partial charge in [-0.25, -0.2) is 9.78 Å². The van der Waals surface area contributed by atoms with E-state index >= 15 is 0 Å². The van der Waals surface area contributed by atoms with Crippen LogP contribution in [0.15, 0.2) is 72.6 Å². The molecular weight excluding hydrogens is 524 g/mol. The molecule has 2 aromatic heterocycles. The van der Waals surface area contributed by atoms with Crippen molar-refractivity contribution in [3.05, 3.63) is 88.7 Å². The Morgan fingerprint density at radius 2 is 1.80 bits per heavy atom. The third-order valence-corrected chi connectivity index (χ3v) is 8.15. The van der Waals surface area contributed by atoms with Gasteiger partial charge in [-0.05, 0) is 73.2 Å². The third-order valence-electron chi connectivity index (χ3n) is 7.90. The molecule has 2 aliphatic rings. The Morgan fingerprint density at radius 1 is 1.00 bits per heavy atom. The van der Waals surface area contributed by atoms with Crippen molar-refractivity contribution >= 4 is 39.9 Å². The van der Waals surface area contributed by atoms with Crippen LogP contribution in [0.3, 0.4) is 0 Å². The lowest BCUT2D eigenvalue weighted by Crippen LogP contribution is -2.47. The molecule has 2 aromatic carbocycles. The third kappa shape index (κ3) is 5.71. The van der Waals surface area contributed by atoms with Crippen LogP contribution < -0.4 is 9.64 Å². The Bertz CT molecular complexity index is 1540. The van der Waals surface area contributed by atoms with Crippen molar-refractivity contribution in [2.24, 2.45) is 0 Å². The number of nitrogens with one attached hydrogen (secondary N) is 1. The van der Waals surface area contributed by atoms with Gasteiger partial charge in [-0.15, -0.1) is 0 Å². The highest BCUT2D eigenvalue weighted by Crippen LogP contribution is 2.35. The van der Waals surface area contributed by atoms with Crippen LogP contribution in [0.25, 0.3) is 16.6 Å². The van der Waals surface area contributed by atoms with E-state index in [-0.39, 0.29) is 0 Å². The molecule has 4 aromatic rings. The number of methoxy groups -OCH3 is 1. The minimum absolute atomic E-state index is 0.387. The first-order chi connectivity index (χ1) is 19.6. The highest BCUT2D eigenvalue weighted by Gasteiger charge is 2.23. The van der Waals surface area contributed by atoms with Gasteiger partial charge in [0.25, 0.3) is 0 Å². The van der Waals surface area contributed by atoms with Gasteiger partial charge in [-0.2, -0.15) is 0 Å². The number of allylic oxidation sites excluding steroid dienone is 1. The molecule has 0 bridgehead atoms. The van der Waals surface area contributed by atoms with Crippen molar-refractivity contribution < 1.29 is 14.3 Å². The Labute approximate surface area is 239 Å². The van der Waals surface area contributed by atoms with E-state index in [0.29, 0.717) is 17.1 Å². The number of aromatic amines is 1. The number of benzene rings is 2. The quantitative estimate of drug-likeness (QED) is 0.248. The predicted octanol–water partition coefficient (Wildman–Crippen LogP) is 6.95. The number of carbonyl (C=O) groups is 1. The summed E-state index contributed by atoms with van der Waals surface area (Å²) in [5.74, 6) is 0.596. The van der Waals surface area contributed by atoms with E-state index in [0.717, 1.165) is 67.3 Å². The average Bonchev–Trinajstić information content (AvgIpc) is 3.46. The second kappa shape index (κ2) is 11.7. The van der Waals surface area contributed by atoms with E-state index in [1.54, 1.807) is 17.8 Å². The summed E-state index contributed by atoms with van der Waals surface area (Å²) in [5.41, 5.74) is 6.57. The minimum Gasteiger partial charge on any atom is -0.465 e. The number of halogens is 1. The summed E-state index contributed by atoms with van der Waals surface area (Å²) in [7, 11) is 1.38. The molecular formula is C32H33ClN4O3. The van der Waals surface area contributed by atoms with Crippen LogP contribution in [0, 0.1) is 0 Å². The number of nitrogens with zero attached hydrogens (tertiary/aromatic N) is 3. The summed E-state index contributed by atoms with van der Waals surface area (Å²) in [6, 6.07) is 17.8. The molecule has 8 heteroatoms. The number of anilines is 1. The molecule has 1 aliphatic carbocycles. The molecule has 0 amide bonds. The summed E-state index contributed by atoms with van der Waals surface area (Å²) in [5, 5.41) is 1.72. The number of ether oxygens (including phenoxy) is 2. The van der Waals surface area contributed by atoms with Gasteiger partial charge in [-0.3, -0.25) is 4.90 Å². The zero-order chi connectivity index (χ0) is 27.5. The highest BCUT2D eigenvalue weighted by molar-refractivity contribution is 6.30. The number of H-pyrrole nitrogens is 1. The van der Waals surface area contributed by atoms with Crippen LogP contribution >= 0.6 is 11.6 Å². The monoisotopic (exact) mass is 556 g/mol. The van der Waals surface area contributed by atoms with Gasteiger partial charge in [-0.1, -0.05) is 29.3 Å². The number of esters is 1. The van der Waals surface area contributed by atoms with Crippen molar-refractivity contribution in [2.75, 3.05) is 44.7 Å². The number of hydrogen-bond donors (Lipinski definition) is 1. The van der Waals surface area contributed by atoms with Gasteiger partial charge < -0.3 is 19.4 Å². The average molecular weight is 557 g/mol. The van der Waals surface area contributed by atoms with E-state index in [1.165, 1.54) is 31.1 Å². The molecule has 0 saturated carbocycles. The molecule has 6 rings (SSSR count). The zero-order valence-electron chi connectivity index (χ0n) is 22.7. The molecule has 0 unspecified atom stereocenters. The van der Waals surface area contributed by atoms with Gasteiger partial charge in [0.2, 0.25) is 0 Å². The van der Waals surface area contributed by atoms with E-state index in [1.807, 2.05) is 42.6 Å². The van der Waals surface area contributed by atoms with Crippen molar-refractivity contribution in [1.82, 2.24) is 14.9 Å². The maximum atomic E-state index is 12.5. The number of piperazine rings is 1. The van der Waals surface area contributed by atoms with Crippen molar-refractivity contribution in [2.45, 2.75) is 25.7 Å². The zero-order valence-corrected chi connectivity index (χ0v) is 23.4. The minimum atomic E-state index is -0.431. The molecule has 0 radical (unpaired) electrons. The molecule has 1 fully saturated rings. The molecule has 3 heterocycles. The van der Waals surface area contributed by atoms with Gasteiger partial charge in [0, 0.05) is 61.1 Å². The first kappa shape index (κ1) is 26.4. The van der Waals surface area contributed by atoms with Crippen LogP contribution in [0.2, 0.25) is 5.02 Å². The van der Waals surface area contributed by atoms with E-state index in [9.17, 15) is 4.79 Å². The summed E-state index contributed by atoms with van der Waals surface area (Å²) >= 11 is 6.14. The fraction of sp³-hybridized carbons (Fsp3) is 0.312. The van der Waals surface area contributed by atoms with E-state index < -0.39 is 5.97 Å². The maximum absolute atomic E-state index is 12.5. The van der Waals surface area contributed by atoms with E-state index in [4.69, 9.17) is 21.1 Å². The summed E-state index contributed by atoms with van der Waals surface area (Å²) < 4.78 is 11.2. The lowest BCUT2D eigenvalue weighted by molar-refractivity contribution is 0.0598. The lowest BCUT2D eigenvalue weighted by Gasteiger charge is -2.37. The smallest absolute Gasteiger partial charge is 0.341 e. The number of carbonyl (C=O) groups excluding carboxylic acids is 1. The van der Waals surface area contributed by atoms with Gasteiger partial charge in [0.05, 0.1) is 13.3 Å². The van der Waals surface area contributed by atoms with Crippen LogP contribution in [-0.2, 0) is 4.74 Å². The first-order valence-corrected chi connectivity index (χ1v) is 14.2. The van der Waals surface area contributed by atoms with Gasteiger partial charge in [0.15, 0.2) is 0 Å². The standard InChI is InChI=1S/C32H33ClN4O3/c1-39-32(38)29-11-10-26(19-30(29)40-27-18-23-12-13-34-31(23)35-20-27)37-16-14-36(15-17-37)21-24-4-2-3-5-28(24)22-6-8-25(33)9-7-22/h6-13,18-20H,2-5,14-17,21H2,1H3,(H,34,35). The molecule has 1 aliphatic heterocycles. The fourth-order valence-corrected chi connectivity index (χ4v) is 5.88. The van der Waals surface area contributed by atoms with Crippen molar-refractivity contribution in [3.63, 3.8) is 0 Å². The second-order valence-electron chi connectivity index (χ2n) is 10.4. The predicted molar refractivity (Wildman–Crippen MR) is 159 cm³/mol. The van der Waals surface area contributed by atoms with Crippen LogP contribution in [0.4, 0.5) is 5.69 Å². The van der Waals surface area contributed by atoms with Crippen LogP contribution in [-0.4, -0.2) is 60.7 Å². The van der Waals surface area contributed by atoms with Gasteiger partial charge in [0.1, 0.15) is 22.7 Å². The van der Waals surface area contributed by atoms with Crippen molar-refractivity contribution in [1.29, 1.82) is 0 Å². The number of aromatic nitrogens is 2. The molecule has 40 heavy (non-hydrogen) atoms. The Hall–Kier alpha value is -3.81. The normalized spacial score (nSPS) is 16.4. The van der Waals surface area contributed by atoms with Gasteiger partial charge >= 0.3 is 5.97 Å². The summed E-state index contributed by atoms with van der Waals surface area (Å²) in [6.45, 7) is 4.76. The fourth-order valence-electron chi connectivity index (χ4n) is 5.75. The number of fused-ring (bicyclic) bond motifs is 1. The lowest BCUT2D eigenvalue weighted by atomic mass is 9.87. The van der Waals surface area contributed by atoms with E-state index in [2.05, 4.69) is 31.9 Å². The Balaban J connectivity index is 1.17. The highest BCUT2D eigenvalue weighted by atomic mass is 35.5. The topological polar surface area (TPSA) is 70.7 Å². The largest absolute Gasteiger partial charge is 0.465 e. The second-order valence-corrected chi connectivity index (χ2v) is 10.9. The molecule has 1 N–H and O–H groups in total. The molecule has 206 valence electrons. The van der Waals surface area contributed by atoms with Crippen LogP contribution in [0.1, 0.15) is 41.6 Å². The number of hydrogen-bond acceptors (Lipinski definition) is 6. The Morgan fingerprint density at radius 3 is 2.60 bits per heavy atom. The molecule has 1 saturated heterocycles. The first-order valence-electron chi connectivity index (χ1n) is 13.8. The number of rotatable bonds is 7. The molecule has 7 nitrogen and oxygen atoms in total. The SMILES string of the molecule is COC(=O)c1ccc(N2CCN(CC3=C(c4ccc(Cl)cc4)CCCC3)CC2)cc1Oc1cnc2[nH]ccc2c1.